The Bertz CT molecular complexity index is 2780. The summed E-state index contributed by atoms with van der Waals surface area (Å²) < 4.78 is 2.54. The number of aromatic nitrogens is 4. The molecule has 0 aliphatic carbocycles. The highest BCUT2D eigenvalue weighted by atomic mass is 15.2. The van der Waals surface area contributed by atoms with Crippen LogP contribution < -0.4 is 26.4 Å². The molecule has 0 radical (unpaired) electrons. The van der Waals surface area contributed by atoms with Crippen LogP contribution in [0.2, 0.25) is 0 Å². The van der Waals surface area contributed by atoms with Crippen molar-refractivity contribution in [1.82, 2.24) is 19.4 Å². The molecule has 0 bridgehead atoms. The number of pyridine rings is 3. The molecule has 7 heteroatoms. The first-order valence-corrected chi connectivity index (χ1v) is 18.9. The summed E-state index contributed by atoms with van der Waals surface area (Å²) in [6.45, 7) is 13.6. The van der Waals surface area contributed by atoms with Gasteiger partial charge in [-0.15, -0.1) is 0 Å². The van der Waals surface area contributed by atoms with E-state index in [0.29, 0.717) is 0 Å². The van der Waals surface area contributed by atoms with Crippen molar-refractivity contribution in [2.24, 2.45) is 0 Å². The molecule has 0 amide bonds. The molecule has 0 saturated carbocycles. The summed E-state index contributed by atoms with van der Waals surface area (Å²) >= 11 is 0. The van der Waals surface area contributed by atoms with Crippen molar-refractivity contribution in [3.8, 4) is 0 Å². The maximum absolute atomic E-state index is 5.24. The first-order valence-electron chi connectivity index (χ1n) is 18.9. The molecule has 0 fully saturated rings. The number of nitrogens with zero attached hydrogens (tertiary/aromatic N) is 6. The van der Waals surface area contributed by atoms with Gasteiger partial charge in [0, 0.05) is 57.0 Å². The third kappa shape index (κ3) is 4.10. The summed E-state index contributed by atoms with van der Waals surface area (Å²) in [6, 6.07) is 37.9. The van der Waals surface area contributed by atoms with Gasteiger partial charge in [-0.05, 0) is 100 Å². The highest BCUT2D eigenvalue weighted by molar-refractivity contribution is 7.00. The summed E-state index contributed by atoms with van der Waals surface area (Å²) in [6.07, 6.45) is 7.70. The van der Waals surface area contributed by atoms with Crippen molar-refractivity contribution in [3.63, 3.8) is 0 Å². The van der Waals surface area contributed by atoms with Gasteiger partial charge in [0.2, 0.25) is 0 Å². The highest BCUT2D eigenvalue weighted by Gasteiger charge is 2.48. The minimum Gasteiger partial charge on any atom is -0.309 e. The van der Waals surface area contributed by atoms with E-state index in [4.69, 9.17) is 9.97 Å². The fourth-order valence-electron chi connectivity index (χ4n) is 9.25. The van der Waals surface area contributed by atoms with Crippen LogP contribution in [0, 0.1) is 0 Å². The van der Waals surface area contributed by atoms with Gasteiger partial charge in [0.1, 0.15) is 0 Å². The third-order valence-electron chi connectivity index (χ3n) is 11.7. The van der Waals surface area contributed by atoms with Gasteiger partial charge in [0.05, 0.1) is 51.2 Å². The lowest BCUT2D eigenvalue weighted by Crippen LogP contribution is -2.63. The monoisotopic (exact) mass is 698 g/mol. The molecule has 0 unspecified atom stereocenters. The van der Waals surface area contributed by atoms with E-state index in [1.165, 1.54) is 60.4 Å². The van der Waals surface area contributed by atoms with E-state index < -0.39 is 0 Å². The van der Waals surface area contributed by atoms with Gasteiger partial charge >= 0.3 is 0 Å². The lowest BCUT2D eigenvalue weighted by molar-refractivity contribution is 0.591. The largest absolute Gasteiger partial charge is 0.309 e. The van der Waals surface area contributed by atoms with Crippen LogP contribution in [0.15, 0.2) is 128 Å². The smallest absolute Gasteiger partial charge is 0.298 e. The highest BCUT2D eigenvalue weighted by Crippen LogP contribution is 2.54. The van der Waals surface area contributed by atoms with Crippen LogP contribution in [0.25, 0.3) is 38.1 Å². The van der Waals surface area contributed by atoms with E-state index in [9.17, 15) is 0 Å². The molecule has 260 valence electrons. The Morgan fingerprint density at radius 1 is 0.537 bits per heavy atom. The molecule has 9 aromatic rings. The minimum atomic E-state index is -0.199. The van der Waals surface area contributed by atoms with Crippen molar-refractivity contribution >= 4 is 95.6 Å². The molecule has 0 N–H and O–H groups in total. The van der Waals surface area contributed by atoms with Crippen molar-refractivity contribution in [1.29, 1.82) is 0 Å². The van der Waals surface area contributed by atoms with Gasteiger partial charge in [-0.25, -0.2) is 0 Å². The summed E-state index contributed by atoms with van der Waals surface area (Å²) in [7, 11) is 0. The average molecular weight is 699 g/mol. The zero-order valence-electron chi connectivity index (χ0n) is 31.4. The van der Waals surface area contributed by atoms with Crippen molar-refractivity contribution in [3.05, 3.63) is 139 Å². The van der Waals surface area contributed by atoms with E-state index in [1.54, 1.807) is 0 Å². The van der Waals surface area contributed by atoms with Gasteiger partial charge in [-0.1, -0.05) is 71.9 Å². The summed E-state index contributed by atoms with van der Waals surface area (Å²) in [5, 5.41) is 5.01. The average Bonchev–Trinajstić information content (AvgIpc) is 3.69. The van der Waals surface area contributed by atoms with Crippen LogP contribution in [0.5, 0.6) is 0 Å². The Labute approximate surface area is 315 Å². The van der Waals surface area contributed by atoms with Gasteiger partial charge < -0.3 is 14.2 Å². The summed E-state index contributed by atoms with van der Waals surface area (Å²) in [4.78, 5) is 20.0. The molecule has 2 aliphatic rings. The second kappa shape index (κ2) is 10.7. The number of hydrogen-bond acceptors (Lipinski definition) is 5. The molecule has 2 aliphatic heterocycles. The Hall–Kier alpha value is -6.21. The summed E-state index contributed by atoms with van der Waals surface area (Å²) in [5.41, 5.74) is 16.0. The van der Waals surface area contributed by atoms with Crippen LogP contribution in [-0.2, 0) is 10.8 Å². The maximum Gasteiger partial charge on any atom is 0.298 e. The van der Waals surface area contributed by atoms with E-state index in [0.717, 1.165) is 39.6 Å². The van der Waals surface area contributed by atoms with Crippen LogP contribution in [0.1, 0.15) is 52.7 Å². The Morgan fingerprint density at radius 3 is 1.57 bits per heavy atom. The van der Waals surface area contributed by atoms with Crippen molar-refractivity contribution < 1.29 is 0 Å². The number of para-hydroxylation sites is 1. The molecule has 0 spiro atoms. The number of rotatable bonds is 2. The van der Waals surface area contributed by atoms with Gasteiger partial charge in [-0.3, -0.25) is 15.0 Å². The third-order valence-corrected chi connectivity index (χ3v) is 11.7. The fraction of sp³-hybridized carbons (Fsp3) is 0.170. The summed E-state index contributed by atoms with van der Waals surface area (Å²) in [5.74, 6) is 0. The normalized spacial score (nSPS) is 14.0. The second-order valence-electron chi connectivity index (χ2n) is 17.0. The molecule has 0 saturated heterocycles. The Balaban J connectivity index is 1.46. The molecule has 4 aromatic carbocycles. The SMILES string of the molecule is CC(C)(C)c1ccc2c(c1)c1c3c4c(c5c6cc(C(C)(C)C)ccc6n2c15)N(c1cccnc1)c1cccnc1B4c1ncccc1N3c1ccccc1. The standard InChI is InChI=1S/C47H39BN6/c1-46(2,3)28-18-20-34-32(25-28)38-41-39(33-26-29(47(4,5)6)19-21-35(33)54(34)41)43-40-42(38)52(30-13-8-7-9-14-30)36-16-11-23-50-44(36)48(40)45-37(17-12-24-51-45)53(43)31-15-10-22-49-27-31/h7-27H,1-6H3. The van der Waals surface area contributed by atoms with E-state index in [1.807, 2.05) is 30.9 Å². The van der Waals surface area contributed by atoms with Crippen molar-refractivity contribution in [2.75, 3.05) is 9.80 Å². The quantitative estimate of drug-likeness (QED) is 0.168. The van der Waals surface area contributed by atoms with Crippen LogP contribution >= 0.6 is 0 Å². The molecule has 6 nitrogen and oxygen atoms in total. The Morgan fingerprint density at radius 2 is 1.06 bits per heavy atom. The van der Waals surface area contributed by atoms with E-state index in [2.05, 4.69) is 158 Å². The number of hydrogen-bond donors (Lipinski definition) is 0. The van der Waals surface area contributed by atoms with Gasteiger partial charge in [-0.2, -0.15) is 0 Å². The van der Waals surface area contributed by atoms with Crippen LogP contribution in [-0.4, -0.2) is 26.1 Å². The molecule has 0 atom stereocenters. The predicted molar refractivity (Wildman–Crippen MR) is 226 cm³/mol. The first kappa shape index (κ1) is 31.3. The first-order chi connectivity index (χ1) is 26.1. The molecule has 7 heterocycles. The van der Waals surface area contributed by atoms with Gasteiger partial charge in [0.25, 0.3) is 6.71 Å². The number of fused-ring (bicyclic) bond motifs is 12. The molecule has 11 rings (SSSR count). The minimum absolute atomic E-state index is 0.0291. The lowest BCUT2D eigenvalue weighted by atomic mass is 9.36. The fourth-order valence-corrected chi connectivity index (χ4v) is 9.25. The van der Waals surface area contributed by atoms with E-state index >= 15 is 0 Å². The molecule has 54 heavy (non-hydrogen) atoms. The Kier molecular flexibility index (Phi) is 6.21. The lowest BCUT2D eigenvalue weighted by Gasteiger charge is -2.43. The molecular formula is C47H39BN6. The topological polar surface area (TPSA) is 49.6 Å². The molecule has 5 aromatic heterocycles. The number of anilines is 6. The van der Waals surface area contributed by atoms with Crippen LogP contribution in [0.3, 0.4) is 0 Å². The zero-order chi connectivity index (χ0) is 36.7. The maximum atomic E-state index is 5.24. The van der Waals surface area contributed by atoms with E-state index in [-0.39, 0.29) is 17.5 Å². The number of benzene rings is 4. The van der Waals surface area contributed by atoms with Crippen molar-refractivity contribution in [2.45, 2.75) is 52.4 Å². The zero-order valence-corrected chi connectivity index (χ0v) is 31.4. The second-order valence-corrected chi connectivity index (χ2v) is 17.0. The van der Waals surface area contributed by atoms with Gasteiger partial charge in [0.15, 0.2) is 0 Å². The van der Waals surface area contributed by atoms with Crippen LogP contribution in [0.4, 0.5) is 34.1 Å². The molecular weight excluding hydrogens is 659 g/mol. The predicted octanol–water partition coefficient (Wildman–Crippen LogP) is 9.70.